The fourth-order valence-corrected chi connectivity index (χ4v) is 3.46. The van der Waals surface area contributed by atoms with Crippen LogP contribution in [0.4, 0.5) is 5.95 Å². The van der Waals surface area contributed by atoms with Crippen LogP contribution in [0.5, 0.6) is 0 Å². The van der Waals surface area contributed by atoms with Gasteiger partial charge in [0.1, 0.15) is 0 Å². The Bertz CT molecular complexity index is 574. The van der Waals surface area contributed by atoms with Crippen LogP contribution in [0.1, 0.15) is 61.5 Å². The van der Waals surface area contributed by atoms with E-state index >= 15 is 0 Å². The molecule has 1 amide bonds. The smallest absolute Gasteiger partial charge is 0.252 e. The fraction of sp³-hybridized carbons (Fsp3) is 0.706. The van der Waals surface area contributed by atoms with Gasteiger partial charge in [0, 0.05) is 12.2 Å². The van der Waals surface area contributed by atoms with E-state index in [2.05, 4.69) is 22.2 Å². The van der Waals surface area contributed by atoms with Gasteiger partial charge in [-0.3, -0.25) is 4.79 Å². The average Bonchev–Trinajstić information content (AvgIpc) is 3.31. The molecule has 3 atom stereocenters. The summed E-state index contributed by atoms with van der Waals surface area (Å²) < 4.78 is 0. The van der Waals surface area contributed by atoms with Crippen molar-refractivity contribution in [3.63, 3.8) is 0 Å². The SMILES string of the molecule is C[C@@H](Cc1nc(N[C@@H]2CCC[C@H](O)C2)ncc1C(N)=O)C1CC1. The number of amides is 1. The number of nitrogens with one attached hydrogen (secondary N) is 1. The molecule has 126 valence electrons. The molecule has 0 bridgehead atoms. The van der Waals surface area contributed by atoms with Gasteiger partial charge in [-0.2, -0.15) is 0 Å². The van der Waals surface area contributed by atoms with Gasteiger partial charge in [0.25, 0.3) is 5.91 Å². The molecular formula is C17H26N4O2. The Balaban J connectivity index is 1.74. The van der Waals surface area contributed by atoms with Crippen LogP contribution in [-0.2, 0) is 6.42 Å². The zero-order chi connectivity index (χ0) is 16.4. The number of aliphatic hydroxyl groups is 1. The summed E-state index contributed by atoms with van der Waals surface area (Å²) in [4.78, 5) is 20.4. The Morgan fingerprint density at radius 2 is 2.22 bits per heavy atom. The van der Waals surface area contributed by atoms with E-state index in [0.29, 0.717) is 17.4 Å². The lowest BCUT2D eigenvalue weighted by molar-refractivity contribution is 0.0998. The van der Waals surface area contributed by atoms with Gasteiger partial charge < -0.3 is 16.2 Å². The second kappa shape index (κ2) is 6.83. The molecule has 6 nitrogen and oxygen atoms in total. The molecule has 2 saturated carbocycles. The third kappa shape index (κ3) is 4.19. The van der Waals surface area contributed by atoms with Crippen LogP contribution in [0.25, 0.3) is 0 Å². The van der Waals surface area contributed by atoms with Crippen molar-refractivity contribution in [2.24, 2.45) is 17.6 Å². The molecule has 0 spiro atoms. The summed E-state index contributed by atoms with van der Waals surface area (Å²) in [7, 11) is 0. The number of primary amides is 1. The first-order valence-electron chi connectivity index (χ1n) is 8.63. The van der Waals surface area contributed by atoms with Gasteiger partial charge in [-0.1, -0.05) is 6.92 Å². The average molecular weight is 318 g/mol. The van der Waals surface area contributed by atoms with E-state index in [4.69, 9.17) is 5.73 Å². The Hall–Kier alpha value is -1.69. The molecule has 2 fully saturated rings. The molecular weight excluding hydrogens is 292 g/mol. The van der Waals surface area contributed by atoms with Crippen molar-refractivity contribution in [3.8, 4) is 0 Å². The zero-order valence-electron chi connectivity index (χ0n) is 13.7. The highest BCUT2D eigenvalue weighted by molar-refractivity contribution is 5.93. The van der Waals surface area contributed by atoms with Crippen molar-refractivity contribution >= 4 is 11.9 Å². The quantitative estimate of drug-likeness (QED) is 0.743. The Kier molecular flexibility index (Phi) is 4.80. The molecule has 1 aromatic heterocycles. The van der Waals surface area contributed by atoms with Crippen molar-refractivity contribution in [3.05, 3.63) is 17.5 Å². The first-order chi connectivity index (χ1) is 11.0. The molecule has 0 aliphatic heterocycles. The Morgan fingerprint density at radius 1 is 1.43 bits per heavy atom. The van der Waals surface area contributed by atoms with Gasteiger partial charge in [-0.15, -0.1) is 0 Å². The first kappa shape index (κ1) is 16.2. The summed E-state index contributed by atoms with van der Waals surface area (Å²) in [6.07, 6.45) is 8.17. The molecule has 0 radical (unpaired) electrons. The van der Waals surface area contributed by atoms with Gasteiger partial charge in [0.15, 0.2) is 0 Å². The lowest BCUT2D eigenvalue weighted by atomic mass is 9.93. The molecule has 2 aliphatic rings. The molecule has 0 aromatic carbocycles. The molecule has 0 saturated heterocycles. The maximum absolute atomic E-state index is 11.6. The number of hydrogen-bond acceptors (Lipinski definition) is 5. The molecule has 1 heterocycles. The van der Waals surface area contributed by atoms with E-state index in [1.54, 1.807) is 0 Å². The van der Waals surface area contributed by atoms with Gasteiger partial charge in [-0.05, 0) is 56.8 Å². The van der Waals surface area contributed by atoms with Crippen molar-refractivity contribution in [2.75, 3.05) is 5.32 Å². The summed E-state index contributed by atoms with van der Waals surface area (Å²) >= 11 is 0. The highest BCUT2D eigenvalue weighted by Gasteiger charge is 2.29. The summed E-state index contributed by atoms with van der Waals surface area (Å²) in [5.41, 5.74) is 6.63. The molecule has 3 rings (SSSR count). The molecule has 23 heavy (non-hydrogen) atoms. The van der Waals surface area contributed by atoms with Crippen LogP contribution in [0.2, 0.25) is 0 Å². The van der Waals surface area contributed by atoms with Gasteiger partial charge in [0.2, 0.25) is 5.95 Å². The number of carbonyl (C=O) groups excluding carboxylic acids is 1. The minimum Gasteiger partial charge on any atom is -0.393 e. The maximum atomic E-state index is 11.6. The molecule has 1 aromatic rings. The summed E-state index contributed by atoms with van der Waals surface area (Å²) in [5, 5.41) is 13.1. The van der Waals surface area contributed by atoms with Crippen LogP contribution in [-0.4, -0.2) is 33.1 Å². The second-order valence-electron chi connectivity index (χ2n) is 7.10. The first-order valence-corrected chi connectivity index (χ1v) is 8.63. The molecule has 2 aliphatic carbocycles. The van der Waals surface area contributed by atoms with E-state index in [1.165, 1.54) is 19.0 Å². The number of nitrogens with two attached hydrogens (primary N) is 1. The Morgan fingerprint density at radius 3 is 2.87 bits per heavy atom. The van der Waals surface area contributed by atoms with Crippen molar-refractivity contribution in [1.82, 2.24) is 9.97 Å². The number of nitrogens with zero attached hydrogens (tertiary/aromatic N) is 2. The van der Waals surface area contributed by atoms with Crippen LogP contribution in [0.15, 0.2) is 6.20 Å². The van der Waals surface area contributed by atoms with Crippen molar-refractivity contribution in [1.29, 1.82) is 0 Å². The predicted octanol–water partition coefficient (Wildman–Crippen LogP) is 1.88. The normalized spacial score (nSPS) is 25.8. The minimum atomic E-state index is -0.470. The van der Waals surface area contributed by atoms with Crippen LogP contribution >= 0.6 is 0 Å². The lowest BCUT2D eigenvalue weighted by Gasteiger charge is -2.26. The van der Waals surface area contributed by atoms with Crippen LogP contribution in [0, 0.1) is 11.8 Å². The van der Waals surface area contributed by atoms with E-state index in [-0.39, 0.29) is 12.1 Å². The number of rotatable bonds is 6. The van der Waals surface area contributed by atoms with E-state index in [9.17, 15) is 9.90 Å². The predicted molar refractivity (Wildman–Crippen MR) is 88.0 cm³/mol. The van der Waals surface area contributed by atoms with Crippen LogP contribution in [0.3, 0.4) is 0 Å². The highest BCUT2D eigenvalue weighted by atomic mass is 16.3. The third-order valence-electron chi connectivity index (χ3n) is 5.05. The standard InChI is InChI=1S/C17H26N4O2/c1-10(11-5-6-11)7-15-14(16(18)23)9-19-17(21-15)20-12-3-2-4-13(22)8-12/h9-13,22H,2-8H2,1H3,(H2,18,23)(H,19,20,21)/t10-,12+,13-/m0/s1. The van der Waals surface area contributed by atoms with Crippen molar-refractivity contribution < 1.29 is 9.90 Å². The zero-order valence-corrected chi connectivity index (χ0v) is 13.7. The molecule has 6 heteroatoms. The number of aromatic nitrogens is 2. The lowest BCUT2D eigenvalue weighted by Crippen LogP contribution is -2.31. The minimum absolute atomic E-state index is 0.187. The van der Waals surface area contributed by atoms with Gasteiger partial charge >= 0.3 is 0 Å². The van der Waals surface area contributed by atoms with Gasteiger partial charge in [0.05, 0.1) is 17.4 Å². The van der Waals surface area contributed by atoms with Gasteiger partial charge in [-0.25, -0.2) is 9.97 Å². The summed E-state index contributed by atoms with van der Waals surface area (Å²) in [6, 6.07) is 0.187. The maximum Gasteiger partial charge on any atom is 0.252 e. The molecule has 0 unspecified atom stereocenters. The van der Waals surface area contributed by atoms with E-state index in [1.807, 2.05) is 0 Å². The van der Waals surface area contributed by atoms with Crippen molar-refractivity contribution in [2.45, 2.75) is 64.0 Å². The Labute approximate surface area is 136 Å². The van der Waals surface area contributed by atoms with E-state index in [0.717, 1.165) is 43.7 Å². The highest BCUT2D eigenvalue weighted by Crippen LogP contribution is 2.38. The van der Waals surface area contributed by atoms with Crippen LogP contribution < -0.4 is 11.1 Å². The number of aliphatic hydroxyl groups excluding tert-OH is 1. The number of anilines is 1. The molecule has 4 N–H and O–H groups in total. The fourth-order valence-electron chi connectivity index (χ4n) is 3.46. The second-order valence-corrected chi connectivity index (χ2v) is 7.10. The summed E-state index contributed by atoms with van der Waals surface area (Å²) in [6.45, 7) is 2.20. The monoisotopic (exact) mass is 318 g/mol. The topological polar surface area (TPSA) is 101 Å². The largest absolute Gasteiger partial charge is 0.393 e. The van der Waals surface area contributed by atoms with E-state index < -0.39 is 5.91 Å². The number of carbonyl (C=O) groups is 1. The third-order valence-corrected chi connectivity index (χ3v) is 5.05. The number of hydrogen-bond donors (Lipinski definition) is 3. The summed E-state index contributed by atoms with van der Waals surface area (Å²) in [5.74, 6) is 1.32.